The lowest BCUT2D eigenvalue weighted by molar-refractivity contribution is -0.118. The fourth-order valence-corrected chi connectivity index (χ4v) is 1.97. The molecule has 0 atom stereocenters. The molecule has 1 amide bonds. The predicted molar refractivity (Wildman–Crippen MR) is 81.4 cm³/mol. The number of nitrogen functional groups attached to an aromatic ring is 1. The van der Waals surface area contributed by atoms with Gasteiger partial charge in [0, 0.05) is 16.4 Å². The Labute approximate surface area is 126 Å². The quantitative estimate of drug-likeness (QED) is 0.848. The minimum atomic E-state index is -0.305. The van der Waals surface area contributed by atoms with Crippen LogP contribution in [-0.4, -0.2) is 12.5 Å². The Hall–Kier alpha value is -1.91. The molecule has 2 aromatic carbocycles. The van der Waals surface area contributed by atoms with Crippen LogP contribution < -0.4 is 15.8 Å². The highest BCUT2D eigenvalue weighted by Gasteiger charge is 2.07. The van der Waals surface area contributed by atoms with Crippen molar-refractivity contribution in [1.82, 2.24) is 0 Å². The Morgan fingerprint density at radius 3 is 2.70 bits per heavy atom. The fraction of sp³-hybridized carbons (Fsp3) is 0.0714. The average Bonchev–Trinajstić information content (AvgIpc) is 2.37. The summed E-state index contributed by atoms with van der Waals surface area (Å²) in [4.78, 5) is 11.7. The molecule has 0 bridgehead atoms. The standard InChI is InChI=1S/C14H12Cl2N2O2/c15-9-2-1-3-11(6-9)18-14(19)8-20-13-5-4-10(17)7-12(13)16/h1-7H,8,17H2,(H,18,19). The number of halogens is 2. The fourth-order valence-electron chi connectivity index (χ4n) is 1.54. The van der Waals surface area contributed by atoms with Gasteiger partial charge in [-0.25, -0.2) is 0 Å². The van der Waals surface area contributed by atoms with Gasteiger partial charge >= 0.3 is 0 Å². The number of carbonyl (C=O) groups excluding carboxylic acids is 1. The smallest absolute Gasteiger partial charge is 0.262 e. The van der Waals surface area contributed by atoms with Crippen LogP contribution in [0.5, 0.6) is 5.75 Å². The summed E-state index contributed by atoms with van der Waals surface area (Å²) in [5, 5.41) is 3.58. The number of hydrogen-bond acceptors (Lipinski definition) is 3. The number of hydrogen-bond donors (Lipinski definition) is 2. The van der Waals surface area contributed by atoms with Crippen LogP contribution in [0.25, 0.3) is 0 Å². The van der Waals surface area contributed by atoms with Crippen LogP contribution in [0.2, 0.25) is 10.0 Å². The first kappa shape index (κ1) is 14.5. The summed E-state index contributed by atoms with van der Waals surface area (Å²) in [6.07, 6.45) is 0. The first-order valence-corrected chi connectivity index (χ1v) is 6.53. The van der Waals surface area contributed by atoms with Gasteiger partial charge in [0.15, 0.2) is 6.61 Å². The zero-order valence-electron chi connectivity index (χ0n) is 10.4. The number of carbonyl (C=O) groups is 1. The van der Waals surface area contributed by atoms with Crippen molar-refractivity contribution in [2.45, 2.75) is 0 Å². The Balaban J connectivity index is 1.92. The number of nitrogens with two attached hydrogens (primary N) is 1. The van der Waals surface area contributed by atoms with Gasteiger partial charge in [0.05, 0.1) is 5.02 Å². The number of ether oxygens (including phenoxy) is 1. The zero-order valence-corrected chi connectivity index (χ0v) is 11.9. The van der Waals surface area contributed by atoms with E-state index >= 15 is 0 Å². The van der Waals surface area contributed by atoms with E-state index in [1.54, 1.807) is 42.5 Å². The molecule has 0 aliphatic carbocycles. The number of amides is 1. The summed E-state index contributed by atoms with van der Waals surface area (Å²) in [6.45, 7) is -0.157. The third kappa shape index (κ3) is 4.05. The van der Waals surface area contributed by atoms with Crippen LogP contribution in [-0.2, 0) is 4.79 Å². The van der Waals surface area contributed by atoms with Crippen LogP contribution in [0.15, 0.2) is 42.5 Å². The molecule has 2 rings (SSSR count). The van der Waals surface area contributed by atoms with Gasteiger partial charge in [0.2, 0.25) is 0 Å². The van der Waals surface area contributed by atoms with Crippen molar-refractivity contribution in [3.05, 3.63) is 52.5 Å². The molecule has 0 aromatic heterocycles. The van der Waals surface area contributed by atoms with E-state index in [4.69, 9.17) is 33.7 Å². The molecule has 4 nitrogen and oxygen atoms in total. The summed E-state index contributed by atoms with van der Waals surface area (Å²) in [5.41, 5.74) is 6.71. The van der Waals surface area contributed by atoms with Crippen LogP contribution in [0.3, 0.4) is 0 Å². The highest BCUT2D eigenvalue weighted by atomic mass is 35.5. The van der Waals surface area contributed by atoms with E-state index in [9.17, 15) is 4.79 Å². The lowest BCUT2D eigenvalue weighted by Crippen LogP contribution is -2.20. The minimum Gasteiger partial charge on any atom is -0.482 e. The minimum absolute atomic E-state index is 0.157. The molecule has 3 N–H and O–H groups in total. The molecule has 20 heavy (non-hydrogen) atoms. The molecule has 0 radical (unpaired) electrons. The highest BCUT2D eigenvalue weighted by molar-refractivity contribution is 6.32. The van der Waals surface area contributed by atoms with E-state index in [2.05, 4.69) is 5.32 Å². The van der Waals surface area contributed by atoms with Crippen LogP contribution in [0.4, 0.5) is 11.4 Å². The van der Waals surface area contributed by atoms with Gasteiger partial charge in [-0.1, -0.05) is 29.3 Å². The van der Waals surface area contributed by atoms with Gasteiger partial charge < -0.3 is 15.8 Å². The van der Waals surface area contributed by atoms with Crippen molar-refractivity contribution >= 4 is 40.5 Å². The lowest BCUT2D eigenvalue weighted by Gasteiger charge is -2.09. The monoisotopic (exact) mass is 310 g/mol. The number of anilines is 2. The molecular formula is C14H12Cl2N2O2. The number of nitrogens with one attached hydrogen (secondary N) is 1. The number of benzene rings is 2. The maximum Gasteiger partial charge on any atom is 0.262 e. The largest absolute Gasteiger partial charge is 0.482 e. The Bertz CT molecular complexity index is 632. The summed E-state index contributed by atoms with van der Waals surface area (Å²) in [5.74, 6) is 0.0993. The second-order valence-electron chi connectivity index (χ2n) is 4.04. The van der Waals surface area contributed by atoms with Crippen molar-refractivity contribution in [2.24, 2.45) is 0 Å². The van der Waals surface area contributed by atoms with E-state index in [0.717, 1.165) is 0 Å². The normalized spacial score (nSPS) is 10.1. The van der Waals surface area contributed by atoms with Gasteiger partial charge in [0.25, 0.3) is 5.91 Å². The van der Waals surface area contributed by atoms with Crippen molar-refractivity contribution in [3.63, 3.8) is 0 Å². The molecule has 0 saturated carbocycles. The zero-order chi connectivity index (χ0) is 14.5. The first-order chi connectivity index (χ1) is 9.54. The molecule has 0 aliphatic rings. The van der Waals surface area contributed by atoms with Crippen molar-refractivity contribution in [1.29, 1.82) is 0 Å². The molecule has 0 spiro atoms. The SMILES string of the molecule is Nc1ccc(OCC(=O)Nc2cccc(Cl)c2)c(Cl)c1. The van der Waals surface area contributed by atoms with Gasteiger partial charge in [-0.3, -0.25) is 4.79 Å². The summed E-state index contributed by atoms with van der Waals surface area (Å²) < 4.78 is 5.32. The van der Waals surface area contributed by atoms with Gasteiger partial charge in [0.1, 0.15) is 5.75 Å². The Kier molecular flexibility index (Phi) is 4.71. The van der Waals surface area contributed by atoms with Gasteiger partial charge in [-0.15, -0.1) is 0 Å². The van der Waals surface area contributed by atoms with E-state index < -0.39 is 0 Å². The van der Waals surface area contributed by atoms with Crippen molar-refractivity contribution in [3.8, 4) is 5.75 Å². The molecular weight excluding hydrogens is 299 g/mol. The molecule has 6 heteroatoms. The van der Waals surface area contributed by atoms with Gasteiger partial charge in [-0.2, -0.15) is 0 Å². The topological polar surface area (TPSA) is 64.3 Å². The van der Waals surface area contributed by atoms with Crippen molar-refractivity contribution < 1.29 is 9.53 Å². The average molecular weight is 311 g/mol. The maximum atomic E-state index is 11.7. The summed E-state index contributed by atoms with van der Waals surface area (Å²) in [6, 6.07) is 11.7. The molecule has 0 fully saturated rings. The third-order valence-corrected chi connectivity index (χ3v) is 2.95. The predicted octanol–water partition coefficient (Wildman–Crippen LogP) is 3.59. The Morgan fingerprint density at radius 1 is 1.20 bits per heavy atom. The molecule has 2 aromatic rings. The molecule has 0 aliphatic heterocycles. The second-order valence-corrected chi connectivity index (χ2v) is 4.88. The maximum absolute atomic E-state index is 11.7. The molecule has 0 saturated heterocycles. The van der Waals surface area contributed by atoms with E-state index in [-0.39, 0.29) is 12.5 Å². The molecule has 104 valence electrons. The first-order valence-electron chi connectivity index (χ1n) is 5.78. The van der Waals surface area contributed by atoms with E-state index in [0.29, 0.717) is 27.2 Å². The van der Waals surface area contributed by atoms with Crippen LogP contribution in [0.1, 0.15) is 0 Å². The summed E-state index contributed by atoms with van der Waals surface area (Å²) in [7, 11) is 0. The third-order valence-electron chi connectivity index (χ3n) is 2.42. The molecule has 0 heterocycles. The lowest BCUT2D eigenvalue weighted by atomic mass is 10.3. The summed E-state index contributed by atoms with van der Waals surface area (Å²) >= 11 is 11.8. The van der Waals surface area contributed by atoms with Crippen LogP contribution in [0, 0.1) is 0 Å². The van der Waals surface area contributed by atoms with Crippen LogP contribution >= 0.6 is 23.2 Å². The highest BCUT2D eigenvalue weighted by Crippen LogP contribution is 2.26. The molecule has 0 unspecified atom stereocenters. The second kappa shape index (κ2) is 6.50. The van der Waals surface area contributed by atoms with E-state index in [1.807, 2.05) is 0 Å². The van der Waals surface area contributed by atoms with E-state index in [1.165, 1.54) is 0 Å². The Morgan fingerprint density at radius 2 is 2.00 bits per heavy atom. The number of rotatable bonds is 4. The van der Waals surface area contributed by atoms with Crippen molar-refractivity contribution in [2.75, 3.05) is 17.7 Å². The van der Waals surface area contributed by atoms with Gasteiger partial charge in [-0.05, 0) is 36.4 Å².